The first-order valence-corrected chi connectivity index (χ1v) is 12.9. The van der Waals surface area contributed by atoms with E-state index in [1.807, 2.05) is 43.3 Å². The molecule has 0 spiro atoms. The molecule has 10 heteroatoms. The van der Waals surface area contributed by atoms with Crippen molar-refractivity contribution < 1.29 is 14.4 Å². The van der Waals surface area contributed by atoms with E-state index < -0.39 is 17.9 Å². The Labute approximate surface area is 218 Å². The van der Waals surface area contributed by atoms with E-state index in [2.05, 4.69) is 14.7 Å². The maximum Gasteiger partial charge on any atom is 0.273 e. The molecule has 0 bridgehead atoms. The fraction of sp³-hybridized carbons (Fsp3) is 0.259. The largest absolute Gasteiger partial charge is 0.395 e. The maximum absolute atomic E-state index is 14.2. The van der Waals surface area contributed by atoms with E-state index in [-0.39, 0.29) is 28.2 Å². The highest BCUT2D eigenvalue weighted by Gasteiger charge is 2.38. The zero-order valence-electron chi connectivity index (χ0n) is 20.4. The smallest absolute Gasteiger partial charge is 0.273 e. The van der Waals surface area contributed by atoms with Crippen LogP contribution in [0.25, 0.3) is 10.9 Å². The molecule has 3 amide bonds. The molecule has 6 N–H and O–H groups in total. The van der Waals surface area contributed by atoms with Crippen LogP contribution in [0.2, 0.25) is 0 Å². The van der Waals surface area contributed by atoms with Crippen molar-refractivity contribution in [2.45, 2.75) is 44.7 Å². The first-order valence-electron chi connectivity index (χ1n) is 12.2. The Kier molecular flexibility index (Phi) is 6.66. The number of hydrogen-bond donors (Lipinski definition) is 4. The molecule has 2 aromatic carbocycles. The lowest BCUT2D eigenvalue weighted by molar-refractivity contribution is -0.123. The van der Waals surface area contributed by atoms with Crippen LogP contribution in [0.5, 0.6) is 0 Å². The monoisotopic (exact) mass is 516 g/mol. The van der Waals surface area contributed by atoms with Crippen LogP contribution < -0.4 is 21.7 Å². The average Bonchev–Trinajstić information content (AvgIpc) is 3.63. The molecule has 1 aliphatic carbocycles. The number of benzene rings is 2. The molecule has 1 aliphatic rings. The summed E-state index contributed by atoms with van der Waals surface area (Å²) >= 11 is 0.795. The van der Waals surface area contributed by atoms with E-state index in [0.717, 1.165) is 53.7 Å². The number of rotatable bonds is 7. The zero-order valence-corrected chi connectivity index (χ0v) is 21.2. The number of amides is 3. The van der Waals surface area contributed by atoms with Crippen LogP contribution in [0.3, 0.4) is 0 Å². The molecule has 1 saturated carbocycles. The third-order valence-corrected chi connectivity index (χ3v) is 7.66. The molecule has 2 heterocycles. The number of para-hydroxylation sites is 1. The summed E-state index contributed by atoms with van der Waals surface area (Å²) in [5.74, 6) is -1.64. The van der Waals surface area contributed by atoms with Crippen LogP contribution in [0.4, 0.5) is 11.4 Å². The second-order valence-corrected chi connectivity index (χ2v) is 10.1. The number of nitrogen functional groups attached to an aromatic ring is 1. The molecule has 1 fully saturated rings. The number of primary amides is 1. The van der Waals surface area contributed by atoms with Crippen LogP contribution in [0.1, 0.15) is 63.0 Å². The quantitative estimate of drug-likeness (QED) is 0.292. The van der Waals surface area contributed by atoms with Gasteiger partial charge in [0.15, 0.2) is 5.69 Å². The van der Waals surface area contributed by atoms with Crippen molar-refractivity contribution in [1.82, 2.24) is 14.7 Å². The molecular weight excluding hydrogens is 488 g/mol. The van der Waals surface area contributed by atoms with Gasteiger partial charge in [-0.05, 0) is 49.5 Å². The minimum atomic E-state index is -1.01. The van der Waals surface area contributed by atoms with Gasteiger partial charge in [-0.1, -0.05) is 48.7 Å². The van der Waals surface area contributed by atoms with Gasteiger partial charge >= 0.3 is 0 Å². The number of aromatic nitrogens is 2. The van der Waals surface area contributed by atoms with Gasteiger partial charge in [-0.3, -0.25) is 19.3 Å². The SMILES string of the molecule is Cc1ccc(N(C(=O)c2snc(C(N)=O)c2N)C(C(=O)NC2CCCC2)c2c[nH]c3ccccc23)cc1. The molecule has 2 aromatic heterocycles. The van der Waals surface area contributed by atoms with Crippen LogP contribution >= 0.6 is 11.5 Å². The van der Waals surface area contributed by atoms with Gasteiger partial charge in [0, 0.05) is 34.4 Å². The summed E-state index contributed by atoms with van der Waals surface area (Å²) in [5, 5.41) is 4.00. The maximum atomic E-state index is 14.2. The van der Waals surface area contributed by atoms with Gasteiger partial charge in [-0.15, -0.1) is 0 Å². The number of nitrogens with two attached hydrogens (primary N) is 2. The summed E-state index contributed by atoms with van der Waals surface area (Å²) in [4.78, 5) is 44.7. The van der Waals surface area contributed by atoms with Crippen LogP contribution in [0.15, 0.2) is 54.7 Å². The summed E-state index contributed by atoms with van der Waals surface area (Å²) < 4.78 is 4.01. The Morgan fingerprint density at radius 1 is 1.11 bits per heavy atom. The lowest BCUT2D eigenvalue weighted by Crippen LogP contribution is -2.46. The van der Waals surface area contributed by atoms with Gasteiger partial charge in [-0.2, -0.15) is 4.37 Å². The van der Waals surface area contributed by atoms with Gasteiger partial charge in [0.25, 0.3) is 11.8 Å². The van der Waals surface area contributed by atoms with Crippen LogP contribution in [-0.4, -0.2) is 33.1 Å². The lowest BCUT2D eigenvalue weighted by Gasteiger charge is -2.32. The van der Waals surface area contributed by atoms with Gasteiger partial charge in [0.1, 0.15) is 10.9 Å². The number of carbonyl (C=O) groups excluding carboxylic acids is 3. The zero-order chi connectivity index (χ0) is 26.1. The summed E-state index contributed by atoms with van der Waals surface area (Å²) in [5.41, 5.74) is 14.3. The van der Waals surface area contributed by atoms with E-state index in [9.17, 15) is 14.4 Å². The fourth-order valence-corrected chi connectivity index (χ4v) is 5.64. The molecule has 37 heavy (non-hydrogen) atoms. The second kappa shape index (κ2) is 10.1. The standard InChI is InChI=1S/C27H28N6O3S/c1-15-10-12-17(13-11-15)33(27(36)24-21(28)22(25(29)34)32-37-24)23(26(35)31-16-6-2-3-7-16)19-14-30-20-9-5-4-8-18(19)20/h4-5,8-14,16,23,30H,2-3,6-7,28H2,1H3,(H2,29,34)(H,31,35). The molecule has 5 rings (SSSR count). The van der Waals surface area contributed by atoms with Gasteiger partial charge in [-0.25, -0.2) is 0 Å². The predicted octanol–water partition coefficient (Wildman–Crippen LogP) is 4.06. The molecule has 190 valence electrons. The lowest BCUT2D eigenvalue weighted by atomic mass is 10.0. The van der Waals surface area contributed by atoms with Gasteiger partial charge in [0.2, 0.25) is 5.91 Å². The minimum Gasteiger partial charge on any atom is -0.395 e. The summed E-state index contributed by atoms with van der Waals surface area (Å²) in [6.45, 7) is 1.94. The first kappa shape index (κ1) is 24.5. The van der Waals surface area contributed by atoms with Crippen molar-refractivity contribution in [1.29, 1.82) is 0 Å². The highest BCUT2D eigenvalue weighted by atomic mass is 32.1. The first-order chi connectivity index (χ1) is 17.8. The van der Waals surface area contributed by atoms with Crippen molar-refractivity contribution >= 4 is 51.5 Å². The van der Waals surface area contributed by atoms with E-state index in [1.54, 1.807) is 18.3 Å². The van der Waals surface area contributed by atoms with E-state index in [4.69, 9.17) is 11.5 Å². The number of aromatic amines is 1. The molecule has 1 atom stereocenters. The van der Waals surface area contributed by atoms with Crippen molar-refractivity contribution in [3.63, 3.8) is 0 Å². The Morgan fingerprint density at radius 2 is 1.81 bits per heavy atom. The number of carbonyl (C=O) groups is 3. The molecule has 0 radical (unpaired) electrons. The number of anilines is 2. The third kappa shape index (κ3) is 4.67. The van der Waals surface area contributed by atoms with Crippen molar-refractivity contribution in [2.75, 3.05) is 10.6 Å². The van der Waals surface area contributed by atoms with E-state index >= 15 is 0 Å². The summed E-state index contributed by atoms with van der Waals surface area (Å²) in [6.07, 6.45) is 5.67. The third-order valence-electron chi connectivity index (χ3n) is 6.81. The van der Waals surface area contributed by atoms with Crippen molar-refractivity contribution in [2.24, 2.45) is 5.73 Å². The molecular formula is C27H28N6O3S. The highest BCUT2D eigenvalue weighted by molar-refractivity contribution is 7.09. The topological polar surface area (TPSA) is 147 Å². The van der Waals surface area contributed by atoms with Gasteiger partial charge < -0.3 is 21.8 Å². The minimum absolute atomic E-state index is 0.0464. The van der Waals surface area contributed by atoms with E-state index in [1.165, 1.54) is 4.90 Å². The molecule has 9 nitrogen and oxygen atoms in total. The molecule has 1 unspecified atom stereocenters. The number of nitrogens with one attached hydrogen (secondary N) is 2. The van der Waals surface area contributed by atoms with Crippen molar-refractivity contribution in [3.05, 3.63) is 76.4 Å². The van der Waals surface area contributed by atoms with Crippen molar-refractivity contribution in [3.8, 4) is 0 Å². The Bertz CT molecular complexity index is 1470. The second-order valence-electron chi connectivity index (χ2n) is 9.33. The Morgan fingerprint density at radius 3 is 2.49 bits per heavy atom. The Hall–Kier alpha value is -4.18. The van der Waals surface area contributed by atoms with Crippen LogP contribution in [-0.2, 0) is 4.79 Å². The Balaban J connectivity index is 1.68. The molecule has 0 aliphatic heterocycles. The number of nitrogens with zero attached hydrogens (tertiary/aromatic N) is 2. The number of aryl methyl sites for hydroxylation is 1. The highest BCUT2D eigenvalue weighted by Crippen LogP contribution is 2.36. The predicted molar refractivity (Wildman–Crippen MR) is 144 cm³/mol. The average molecular weight is 517 g/mol. The van der Waals surface area contributed by atoms with Crippen LogP contribution in [0, 0.1) is 6.92 Å². The van der Waals surface area contributed by atoms with E-state index in [0.29, 0.717) is 11.3 Å². The fourth-order valence-electron chi connectivity index (χ4n) is 4.90. The number of H-pyrrole nitrogens is 1. The summed E-state index contributed by atoms with van der Waals surface area (Å²) in [6, 6.07) is 14.0. The molecule has 0 saturated heterocycles. The molecule has 4 aromatic rings. The number of fused-ring (bicyclic) bond motifs is 1. The van der Waals surface area contributed by atoms with Gasteiger partial charge in [0.05, 0.1) is 5.69 Å². The normalized spacial score (nSPS) is 14.5. The number of hydrogen-bond acceptors (Lipinski definition) is 6. The summed E-state index contributed by atoms with van der Waals surface area (Å²) in [7, 11) is 0.